The summed E-state index contributed by atoms with van der Waals surface area (Å²) in [6.45, 7) is 1.83. The van der Waals surface area contributed by atoms with E-state index in [1.54, 1.807) is 34.7 Å². The molecule has 4 aromatic rings. The first kappa shape index (κ1) is 19.8. The topological polar surface area (TPSA) is 108 Å². The van der Waals surface area contributed by atoms with Crippen molar-refractivity contribution in [3.63, 3.8) is 0 Å². The number of aromatic nitrogens is 5. The Morgan fingerprint density at radius 2 is 2.06 bits per heavy atom. The van der Waals surface area contributed by atoms with Gasteiger partial charge < -0.3 is 10.5 Å². The summed E-state index contributed by atoms with van der Waals surface area (Å²) in [6.07, 6.45) is 3.42. The number of fused-ring (bicyclic) bond motifs is 7. The molecule has 2 N–H and O–H groups in total. The van der Waals surface area contributed by atoms with Crippen molar-refractivity contribution in [2.45, 2.75) is 19.4 Å². The highest BCUT2D eigenvalue weighted by Gasteiger charge is 2.25. The highest BCUT2D eigenvalue weighted by Crippen LogP contribution is 2.39. The van der Waals surface area contributed by atoms with E-state index in [0.29, 0.717) is 45.9 Å². The van der Waals surface area contributed by atoms with E-state index in [9.17, 15) is 9.65 Å². The lowest BCUT2D eigenvalue weighted by Gasteiger charge is -2.20. The van der Waals surface area contributed by atoms with Crippen molar-refractivity contribution in [1.29, 1.82) is 5.26 Å². The van der Waals surface area contributed by atoms with Gasteiger partial charge in [0.2, 0.25) is 0 Å². The maximum absolute atomic E-state index is 14.2. The predicted octanol–water partition coefficient (Wildman–Crippen LogP) is 3.52. The minimum atomic E-state index is -0.530. The number of halogens is 1. The quantitative estimate of drug-likeness (QED) is 0.458. The van der Waals surface area contributed by atoms with Gasteiger partial charge in [0.05, 0.1) is 11.4 Å². The molecule has 8 nitrogen and oxygen atoms in total. The maximum Gasteiger partial charge on any atom is 0.166 e. The molecule has 2 bridgehead atoms. The molecule has 1 aliphatic heterocycles. The van der Waals surface area contributed by atoms with Gasteiger partial charge in [0, 0.05) is 60.7 Å². The van der Waals surface area contributed by atoms with Crippen LogP contribution in [0.15, 0.2) is 36.7 Å². The number of ether oxygens (including phenoxy) is 1. The zero-order chi connectivity index (χ0) is 22.6. The van der Waals surface area contributed by atoms with E-state index < -0.39 is 6.10 Å². The van der Waals surface area contributed by atoms with Crippen molar-refractivity contribution in [2.24, 2.45) is 14.1 Å². The average molecular weight is 429 g/mol. The Morgan fingerprint density at radius 1 is 1.25 bits per heavy atom. The average Bonchev–Trinajstić information content (AvgIpc) is 3.27. The van der Waals surface area contributed by atoms with E-state index in [1.165, 1.54) is 12.1 Å². The number of pyridine rings is 1. The van der Waals surface area contributed by atoms with Crippen LogP contribution in [0.4, 0.5) is 10.2 Å². The monoisotopic (exact) mass is 429 g/mol. The van der Waals surface area contributed by atoms with Crippen LogP contribution in [-0.2, 0) is 20.5 Å². The molecule has 32 heavy (non-hydrogen) atoms. The highest BCUT2D eigenvalue weighted by molar-refractivity contribution is 5.75. The van der Waals surface area contributed by atoms with E-state index in [4.69, 9.17) is 10.5 Å². The summed E-state index contributed by atoms with van der Waals surface area (Å²) in [5.41, 5.74) is 11.6. The molecule has 0 saturated carbocycles. The van der Waals surface area contributed by atoms with Gasteiger partial charge in [0.15, 0.2) is 11.6 Å². The van der Waals surface area contributed by atoms with Crippen LogP contribution >= 0.6 is 0 Å². The van der Waals surface area contributed by atoms with E-state index in [1.807, 2.05) is 20.2 Å². The Bertz CT molecular complexity index is 1410. The van der Waals surface area contributed by atoms with E-state index in [2.05, 4.69) is 21.3 Å². The third-order valence-electron chi connectivity index (χ3n) is 5.67. The SMILES string of the molecule is CC1Oc2cc(cnc2N)-c2c(nn(C)c2C#N)Cc2cn(C)nc2-c2ccc(F)cc21. The predicted molar refractivity (Wildman–Crippen MR) is 116 cm³/mol. The van der Waals surface area contributed by atoms with Gasteiger partial charge in [0.25, 0.3) is 0 Å². The van der Waals surface area contributed by atoms with Crippen molar-refractivity contribution in [2.75, 3.05) is 5.73 Å². The third-order valence-corrected chi connectivity index (χ3v) is 5.67. The first-order valence-corrected chi connectivity index (χ1v) is 10.1. The Morgan fingerprint density at radius 3 is 2.84 bits per heavy atom. The fourth-order valence-corrected chi connectivity index (χ4v) is 4.23. The fourth-order valence-electron chi connectivity index (χ4n) is 4.23. The molecule has 0 fully saturated rings. The van der Waals surface area contributed by atoms with E-state index >= 15 is 0 Å². The minimum absolute atomic E-state index is 0.207. The summed E-state index contributed by atoms with van der Waals surface area (Å²) in [5, 5.41) is 19.1. The number of hydrogen-bond donors (Lipinski definition) is 1. The summed E-state index contributed by atoms with van der Waals surface area (Å²) in [6, 6.07) is 8.57. The minimum Gasteiger partial charge on any atom is -0.482 e. The smallest absolute Gasteiger partial charge is 0.166 e. The molecular formula is C23H20FN7O. The third kappa shape index (κ3) is 3.08. The number of anilines is 1. The summed E-state index contributed by atoms with van der Waals surface area (Å²) in [7, 11) is 3.57. The van der Waals surface area contributed by atoms with Crippen LogP contribution in [0.1, 0.15) is 35.5 Å². The molecule has 0 radical (unpaired) electrons. The van der Waals surface area contributed by atoms with Gasteiger partial charge in [0.1, 0.15) is 23.7 Å². The summed E-state index contributed by atoms with van der Waals surface area (Å²) < 4.78 is 23.7. The zero-order valence-corrected chi connectivity index (χ0v) is 17.8. The highest BCUT2D eigenvalue weighted by atomic mass is 19.1. The molecule has 1 atom stereocenters. The van der Waals surface area contributed by atoms with Crippen LogP contribution in [0.25, 0.3) is 22.4 Å². The van der Waals surface area contributed by atoms with Crippen LogP contribution < -0.4 is 10.5 Å². The maximum atomic E-state index is 14.2. The van der Waals surface area contributed by atoms with Crippen molar-refractivity contribution in [1.82, 2.24) is 24.5 Å². The van der Waals surface area contributed by atoms with Gasteiger partial charge >= 0.3 is 0 Å². The summed E-state index contributed by atoms with van der Waals surface area (Å²) in [4.78, 5) is 4.28. The first-order chi connectivity index (χ1) is 15.4. The normalized spacial score (nSPS) is 14.8. The van der Waals surface area contributed by atoms with Crippen molar-refractivity contribution in [3.8, 4) is 34.2 Å². The van der Waals surface area contributed by atoms with Gasteiger partial charge in [-0.05, 0) is 31.2 Å². The molecule has 1 unspecified atom stereocenters. The Balaban J connectivity index is 1.84. The lowest BCUT2D eigenvalue weighted by molar-refractivity contribution is 0.227. The van der Waals surface area contributed by atoms with Gasteiger partial charge in [-0.1, -0.05) is 0 Å². The second-order valence-corrected chi connectivity index (χ2v) is 7.86. The number of nitrogens with zero attached hydrogens (tertiary/aromatic N) is 6. The Kier molecular flexibility index (Phi) is 4.44. The Labute approximate surface area is 183 Å². The molecule has 0 spiro atoms. The Hall–Kier alpha value is -4.19. The molecule has 4 heterocycles. The van der Waals surface area contributed by atoms with Crippen LogP contribution in [0.3, 0.4) is 0 Å². The van der Waals surface area contributed by atoms with Crippen LogP contribution in [0.2, 0.25) is 0 Å². The molecule has 1 aliphatic rings. The van der Waals surface area contributed by atoms with Gasteiger partial charge in [-0.3, -0.25) is 9.36 Å². The summed E-state index contributed by atoms with van der Waals surface area (Å²) >= 11 is 0. The van der Waals surface area contributed by atoms with Crippen LogP contribution in [0, 0.1) is 17.1 Å². The molecule has 9 heteroatoms. The second-order valence-electron chi connectivity index (χ2n) is 7.86. The number of benzene rings is 1. The molecular weight excluding hydrogens is 409 g/mol. The standard InChI is InChI=1S/C23H20FN7O/c1-12-17-8-15(24)4-5-16(17)22-14(11-30(2)29-22)6-18-21(19(9-25)31(3)28-18)13-7-20(32-12)23(26)27-10-13/h4-5,7-8,10-12H,6H2,1-3H3,(H2,26,27). The van der Waals surface area contributed by atoms with Crippen LogP contribution in [-0.4, -0.2) is 24.5 Å². The second kappa shape index (κ2) is 7.20. The molecule has 3 aromatic heterocycles. The van der Waals surface area contributed by atoms with Gasteiger partial charge in [-0.15, -0.1) is 0 Å². The molecule has 160 valence electrons. The summed E-state index contributed by atoms with van der Waals surface area (Å²) in [5.74, 6) is 0.193. The largest absolute Gasteiger partial charge is 0.482 e. The number of aryl methyl sites for hydroxylation is 2. The molecule has 0 aliphatic carbocycles. The van der Waals surface area contributed by atoms with Gasteiger partial charge in [-0.2, -0.15) is 15.5 Å². The molecule has 5 rings (SSSR count). The van der Waals surface area contributed by atoms with Crippen LogP contribution in [0.5, 0.6) is 5.75 Å². The number of hydrogen-bond acceptors (Lipinski definition) is 6. The number of nitriles is 1. The van der Waals surface area contributed by atoms with E-state index in [-0.39, 0.29) is 11.6 Å². The fraction of sp³-hybridized carbons (Fsp3) is 0.217. The molecule has 1 aromatic carbocycles. The lowest BCUT2D eigenvalue weighted by Crippen LogP contribution is -2.09. The first-order valence-electron chi connectivity index (χ1n) is 10.1. The molecule has 0 amide bonds. The molecule has 0 saturated heterocycles. The van der Waals surface area contributed by atoms with Crippen molar-refractivity contribution >= 4 is 5.82 Å². The number of rotatable bonds is 0. The number of nitrogen functional groups attached to an aromatic ring is 1. The van der Waals surface area contributed by atoms with Gasteiger partial charge in [-0.25, -0.2) is 9.37 Å². The van der Waals surface area contributed by atoms with Crippen molar-refractivity contribution in [3.05, 3.63) is 65.0 Å². The zero-order valence-electron chi connectivity index (χ0n) is 17.8. The lowest BCUT2D eigenvalue weighted by atomic mass is 9.94. The number of nitrogens with two attached hydrogens (primary N) is 1. The van der Waals surface area contributed by atoms with E-state index in [0.717, 1.165) is 11.1 Å². The van der Waals surface area contributed by atoms with Crippen molar-refractivity contribution < 1.29 is 9.13 Å².